The Morgan fingerprint density at radius 1 is 1.00 bits per heavy atom. The van der Waals surface area contributed by atoms with E-state index in [4.69, 9.17) is 4.74 Å². The van der Waals surface area contributed by atoms with Crippen LogP contribution in [0.2, 0.25) is 0 Å². The van der Waals surface area contributed by atoms with Crippen molar-refractivity contribution in [2.75, 3.05) is 26.2 Å². The lowest BCUT2D eigenvalue weighted by molar-refractivity contribution is 0.0279. The Hall–Kier alpha value is -2.33. The number of benzene rings is 2. The predicted molar refractivity (Wildman–Crippen MR) is 137 cm³/mol. The molecule has 34 heavy (non-hydrogen) atoms. The molecule has 0 N–H and O–H groups in total. The van der Waals surface area contributed by atoms with Gasteiger partial charge >= 0.3 is 6.09 Å². The summed E-state index contributed by atoms with van der Waals surface area (Å²) >= 11 is 0. The van der Waals surface area contributed by atoms with Crippen molar-refractivity contribution in [2.45, 2.75) is 76.4 Å². The molecule has 1 aliphatic carbocycles. The van der Waals surface area contributed by atoms with Gasteiger partial charge in [-0.2, -0.15) is 0 Å². The first-order valence-corrected chi connectivity index (χ1v) is 13.2. The summed E-state index contributed by atoms with van der Waals surface area (Å²) in [5, 5.41) is 0. The monoisotopic (exact) mass is 460 g/mol. The van der Waals surface area contributed by atoms with Gasteiger partial charge in [0.05, 0.1) is 0 Å². The molecule has 4 nitrogen and oxygen atoms in total. The zero-order valence-corrected chi connectivity index (χ0v) is 21.1. The van der Waals surface area contributed by atoms with E-state index in [2.05, 4.69) is 59.5 Å². The van der Waals surface area contributed by atoms with E-state index in [0.29, 0.717) is 6.04 Å². The molecule has 182 valence electrons. The summed E-state index contributed by atoms with van der Waals surface area (Å²) in [5.41, 5.74) is 4.02. The second-order valence-electron chi connectivity index (χ2n) is 11.8. The third kappa shape index (κ3) is 5.02. The van der Waals surface area contributed by atoms with Gasteiger partial charge in [0.25, 0.3) is 0 Å². The van der Waals surface area contributed by atoms with E-state index in [-0.39, 0.29) is 11.5 Å². The maximum absolute atomic E-state index is 12.9. The molecule has 0 aromatic heterocycles. The molecule has 3 atom stereocenters. The first kappa shape index (κ1) is 23.4. The Bertz CT molecular complexity index is 998. The molecule has 4 heteroatoms. The van der Waals surface area contributed by atoms with Crippen molar-refractivity contribution >= 4 is 6.09 Å². The van der Waals surface area contributed by atoms with Gasteiger partial charge in [-0.05, 0) is 88.4 Å². The summed E-state index contributed by atoms with van der Waals surface area (Å²) in [7, 11) is 0. The van der Waals surface area contributed by atoms with Crippen molar-refractivity contribution < 1.29 is 9.53 Å². The van der Waals surface area contributed by atoms with Crippen molar-refractivity contribution in [1.29, 1.82) is 0 Å². The summed E-state index contributed by atoms with van der Waals surface area (Å²) in [6, 6.07) is 20.6. The first-order chi connectivity index (χ1) is 16.3. The van der Waals surface area contributed by atoms with E-state index in [9.17, 15) is 4.79 Å². The number of rotatable bonds is 4. The van der Waals surface area contributed by atoms with E-state index in [1.165, 1.54) is 37.8 Å². The van der Waals surface area contributed by atoms with Crippen LogP contribution in [0.3, 0.4) is 0 Å². The van der Waals surface area contributed by atoms with Crippen LogP contribution in [0.1, 0.15) is 63.1 Å². The molecule has 6 rings (SSSR count). The van der Waals surface area contributed by atoms with Crippen LogP contribution < -0.4 is 0 Å². The molecular formula is C30H40N2O2. The fourth-order valence-electron chi connectivity index (χ4n) is 6.46. The third-order valence-corrected chi connectivity index (χ3v) is 8.27. The molecule has 2 aromatic carbocycles. The predicted octanol–water partition coefficient (Wildman–Crippen LogP) is 5.83. The van der Waals surface area contributed by atoms with E-state index in [1.54, 1.807) is 11.1 Å². The Morgan fingerprint density at radius 2 is 1.71 bits per heavy atom. The number of carbonyl (C=O) groups excluding carboxylic acids is 1. The number of hydrogen-bond acceptors (Lipinski definition) is 3. The Kier molecular flexibility index (Phi) is 6.45. The van der Waals surface area contributed by atoms with Crippen molar-refractivity contribution in [1.82, 2.24) is 9.80 Å². The molecule has 0 radical (unpaired) electrons. The van der Waals surface area contributed by atoms with Crippen LogP contribution in [0.25, 0.3) is 0 Å². The number of ether oxygens (including phenoxy) is 1. The third-order valence-electron chi connectivity index (χ3n) is 8.27. The number of nitrogens with zero attached hydrogens (tertiary/aromatic N) is 2. The summed E-state index contributed by atoms with van der Waals surface area (Å²) in [6.07, 6.45) is 6.96. The van der Waals surface area contributed by atoms with Crippen LogP contribution in [-0.4, -0.2) is 53.7 Å². The highest BCUT2D eigenvalue weighted by Gasteiger charge is 2.43. The summed E-state index contributed by atoms with van der Waals surface area (Å²) in [4.78, 5) is 17.6. The van der Waals surface area contributed by atoms with Gasteiger partial charge < -0.3 is 9.64 Å². The topological polar surface area (TPSA) is 32.8 Å². The number of carbonyl (C=O) groups is 1. The van der Waals surface area contributed by atoms with Crippen LogP contribution in [0, 0.1) is 5.92 Å². The largest absolute Gasteiger partial charge is 0.444 e. The lowest BCUT2D eigenvalue weighted by atomic mass is 9.75. The van der Waals surface area contributed by atoms with Crippen LogP contribution in [-0.2, 0) is 23.0 Å². The quantitative estimate of drug-likeness (QED) is 0.575. The Labute approximate surface area is 205 Å². The molecule has 2 saturated heterocycles. The van der Waals surface area contributed by atoms with Gasteiger partial charge in [0.1, 0.15) is 5.60 Å². The molecule has 1 unspecified atom stereocenters. The summed E-state index contributed by atoms with van der Waals surface area (Å²) < 4.78 is 5.73. The average Bonchev–Trinajstić information content (AvgIpc) is 3.23. The highest BCUT2D eigenvalue weighted by atomic mass is 16.6. The van der Waals surface area contributed by atoms with Crippen LogP contribution >= 0.6 is 0 Å². The average molecular weight is 461 g/mol. The van der Waals surface area contributed by atoms with Gasteiger partial charge in [-0.15, -0.1) is 0 Å². The van der Waals surface area contributed by atoms with Gasteiger partial charge in [0, 0.05) is 31.1 Å². The highest BCUT2D eigenvalue weighted by molar-refractivity contribution is 5.69. The number of piperidine rings is 1. The Morgan fingerprint density at radius 3 is 2.44 bits per heavy atom. The van der Waals surface area contributed by atoms with E-state index in [0.717, 1.165) is 38.4 Å². The molecule has 0 saturated carbocycles. The van der Waals surface area contributed by atoms with E-state index < -0.39 is 5.60 Å². The lowest BCUT2D eigenvalue weighted by Crippen LogP contribution is -2.48. The molecule has 2 fully saturated rings. The van der Waals surface area contributed by atoms with Crippen molar-refractivity contribution in [2.24, 2.45) is 5.92 Å². The van der Waals surface area contributed by atoms with Crippen molar-refractivity contribution in [3.05, 3.63) is 71.3 Å². The highest BCUT2D eigenvalue weighted by Crippen LogP contribution is 2.40. The number of likely N-dealkylation sites (tertiary alicyclic amines) is 1. The molecule has 2 aromatic rings. The molecule has 4 aliphatic rings. The van der Waals surface area contributed by atoms with Crippen molar-refractivity contribution in [3.8, 4) is 0 Å². The molecule has 0 spiro atoms. The van der Waals surface area contributed by atoms with Gasteiger partial charge in [-0.1, -0.05) is 54.6 Å². The SMILES string of the molecule is CC(C)(C)OC(=O)N1CCC(CCN2C[C@H]3CC[C@@H]2Cc2ccccc2C3)(c2ccccc2)C1. The van der Waals surface area contributed by atoms with Crippen molar-refractivity contribution in [3.63, 3.8) is 0 Å². The minimum Gasteiger partial charge on any atom is -0.444 e. The normalized spacial score (nSPS) is 27.2. The van der Waals surface area contributed by atoms with E-state index >= 15 is 0 Å². The van der Waals surface area contributed by atoms with E-state index in [1.807, 2.05) is 25.7 Å². The molecule has 1 amide bonds. The summed E-state index contributed by atoms with van der Waals surface area (Å²) in [6.45, 7) is 9.65. The van der Waals surface area contributed by atoms with Gasteiger partial charge in [0.2, 0.25) is 0 Å². The van der Waals surface area contributed by atoms with Gasteiger partial charge in [-0.25, -0.2) is 4.79 Å². The molecular weight excluding hydrogens is 420 g/mol. The Balaban J connectivity index is 1.33. The number of fused-ring (bicyclic) bond motifs is 2. The molecule has 2 bridgehead atoms. The second kappa shape index (κ2) is 9.37. The number of amides is 1. The fraction of sp³-hybridized carbons (Fsp3) is 0.567. The maximum atomic E-state index is 12.9. The lowest BCUT2D eigenvalue weighted by Gasteiger charge is -2.44. The van der Waals surface area contributed by atoms with Crippen LogP contribution in [0.15, 0.2) is 54.6 Å². The fourth-order valence-corrected chi connectivity index (χ4v) is 6.46. The van der Waals surface area contributed by atoms with Crippen LogP contribution in [0.5, 0.6) is 0 Å². The zero-order chi connectivity index (χ0) is 23.8. The number of hydrogen-bond donors (Lipinski definition) is 0. The minimum atomic E-state index is -0.463. The standard InChI is InChI=1S/C30H40N2O2/c1-29(2,3)34-28(33)32-18-16-30(22-32,26-11-5-4-6-12-26)15-17-31-21-23-13-14-27(31)20-25-10-8-7-9-24(25)19-23/h4-12,23,27H,13-22H2,1-3H3/t23-,27+,30?/m0/s1. The molecule has 3 heterocycles. The smallest absolute Gasteiger partial charge is 0.410 e. The second-order valence-corrected chi connectivity index (χ2v) is 11.8. The zero-order valence-electron chi connectivity index (χ0n) is 21.1. The summed E-state index contributed by atoms with van der Waals surface area (Å²) in [5.74, 6) is 0.757. The van der Waals surface area contributed by atoms with Gasteiger partial charge in [-0.3, -0.25) is 4.90 Å². The molecule has 3 aliphatic heterocycles. The maximum Gasteiger partial charge on any atom is 0.410 e. The minimum absolute atomic E-state index is 0.00230. The van der Waals surface area contributed by atoms with Gasteiger partial charge in [0.15, 0.2) is 0 Å². The first-order valence-electron chi connectivity index (χ1n) is 13.2. The van der Waals surface area contributed by atoms with Crippen LogP contribution in [0.4, 0.5) is 4.79 Å².